The molecule has 0 aliphatic heterocycles. The van der Waals surface area contributed by atoms with Crippen molar-refractivity contribution in [3.63, 3.8) is 0 Å². The standard InChI is InChI=1S/C21H19N7/c22-20-24-12-16(13-25-20)14-4-6-17(7-5-14)21(8-2-9-21)19-26-18(27-28-19)15-3-1-10-23-11-15/h1,3-7,10-13H,2,8-9H2,(H2,22,24,25)(H,26,27,28). The normalized spacial score (nSPS) is 15.1. The van der Waals surface area contributed by atoms with Gasteiger partial charge in [-0.1, -0.05) is 30.7 Å². The smallest absolute Gasteiger partial charge is 0.219 e. The first-order chi connectivity index (χ1) is 13.7. The Hall–Kier alpha value is -3.61. The molecule has 0 spiro atoms. The molecular weight excluding hydrogens is 350 g/mol. The van der Waals surface area contributed by atoms with E-state index in [2.05, 4.69) is 54.4 Å². The van der Waals surface area contributed by atoms with Gasteiger partial charge in [0.1, 0.15) is 5.82 Å². The van der Waals surface area contributed by atoms with Crippen LogP contribution in [-0.4, -0.2) is 30.1 Å². The molecule has 4 aromatic rings. The second-order valence-electron chi connectivity index (χ2n) is 7.11. The second kappa shape index (κ2) is 6.53. The molecule has 1 fully saturated rings. The predicted octanol–water partition coefficient (Wildman–Crippen LogP) is 3.38. The number of H-pyrrole nitrogens is 1. The molecule has 0 amide bonds. The van der Waals surface area contributed by atoms with Gasteiger partial charge >= 0.3 is 0 Å². The average Bonchev–Trinajstić information content (AvgIpc) is 3.19. The minimum Gasteiger partial charge on any atom is -0.368 e. The first kappa shape index (κ1) is 16.6. The van der Waals surface area contributed by atoms with Crippen molar-refractivity contribution < 1.29 is 0 Å². The molecule has 28 heavy (non-hydrogen) atoms. The van der Waals surface area contributed by atoms with E-state index in [-0.39, 0.29) is 11.4 Å². The zero-order chi connectivity index (χ0) is 19.0. The number of rotatable bonds is 4. The number of nitrogens with one attached hydrogen (secondary N) is 1. The van der Waals surface area contributed by atoms with E-state index < -0.39 is 0 Å². The predicted molar refractivity (Wildman–Crippen MR) is 106 cm³/mol. The minimum atomic E-state index is -0.108. The fourth-order valence-electron chi connectivity index (χ4n) is 3.77. The number of anilines is 1. The lowest BCUT2D eigenvalue weighted by atomic mass is 9.64. The number of pyridine rings is 1. The van der Waals surface area contributed by atoms with E-state index in [4.69, 9.17) is 5.73 Å². The molecule has 1 aromatic carbocycles. The number of benzene rings is 1. The highest BCUT2D eigenvalue weighted by molar-refractivity contribution is 5.63. The number of hydrogen-bond donors (Lipinski definition) is 2. The van der Waals surface area contributed by atoms with Gasteiger partial charge in [-0.15, -0.1) is 10.2 Å². The number of aromatic amines is 1. The first-order valence-corrected chi connectivity index (χ1v) is 9.27. The van der Waals surface area contributed by atoms with Crippen LogP contribution in [0.5, 0.6) is 0 Å². The molecule has 1 aliphatic carbocycles. The lowest BCUT2D eigenvalue weighted by molar-refractivity contribution is 0.286. The lowest BCUT2D eigenvalue weighted by Gasteiger charge is -2.40. The van der Waals surface area contributed by atoms with Crippen LogP contribution in [-0.2, 0) is 5.41 Å². The van der Waals surface area contributed by atoms with Gasteiger partial charge in [0.25, 0.3) is 0 Å². The van der Waals surface area contributed by atoms with Gasteiger partial charge in [-0.2, -0.15) is 0 Å². The Morgan fingerprint density at radius 1 is 0.857 bits per heavy atom. The lowest BCUT2D eigenvalue weighted by Crippen LogP contribution is -2.36. The van der Waals surface area contributed by atoms with Gasteiger partial charge in [-0.3, -0.25) is 4.98 Å². The van der Waals surface area contributed by atoms with Gasteiger partial charge < -0.3 is 10.7 Å². The van der Waals surface area contributed by atoms with Crippen LogP contribution in [0.2, 0.25) is 0 Å². The Balaban J connectivity index is 1.47. The Morgan fingerprint density at radius 2 is 1.64 bits per heavy atom. The van der Waals surface area contributed by atoms with E-state index in [1.165, 1.54) is 12.0 Å². The monoisotopic (exact) mass is 369 g/mol. The van der Waals surface area contributed by atoms with Crippen LogP contribution < -0.4 is 5.73 Å². The average molecular weight is 369 g/mol. The van der Waals surface area contributed by atoms with E-state index in [9.17, 15) is 0 Å². The van der Waals surface area contributed by atoms with Crippen LogP contribution in [0.25, 0.3) is 22.5 Å². The van der Waals surface area contributed by atoms with Crippen molar-refractivity contribution in [1.82, 2.24) is 30.1 Å². The highest BCUT2D eigenvalue weighted by Crippen LogP contribution is 2.48. The fraction of sp³-hybridized carbons (Fsp3) is 0.190. The number of aromatic nitrogens is 6. The summed E-state index contributed by atoms with van der Waals surface area (Å²) in [7, 11) is 0. The first-order valence-electron chi connectivity index (χ1n) is 9.27. The third kappa shape index (κ3) is 2.72. The van der Waals surface area contributed by atoms with Gasteiger partial charge in [0.05, 0.1) is 5.41 Å². The summed E-state index contributed by atoms with van der Waals surface area (Å²) < 4.78 is 0. The Morgan fingerprint density at radius 3 is 2.29 bits per heavy atom. The number of nitrogen functional groups attached to an aromatic ring is 1. The molecule has 7 heteroatoms. The molecule has 0 bridgehead atoms. The van der Waals surface area contributed by atoms with Crippen LogP contribution in [0, 0.1) is 0 Å². The molecule has 0 radical (unpaired) electrons. The van der Waals surface area contributed by atoms with Gasteiger partial charge in [0.15, 0.2) is 5.82 Å². The molecule has 1 saturated carbocycles. The van der Waals surface area contributed by atoms with Crippen LogP contribution in [0.4, 0.5) is 5.95 Å². The maximum Gasteiger partial charge on any atom is 0.219 e. The number of nitrogens with zero attached hydrogens (tertiary/aromatic N) is 5. The summed E-state index contributed by atoms with van der Waals surface area (Å²) in [5, 5.41) is 8.85. The third-order valence-electron chi connectivity index (χ3n) is 5.52. The Labute approximate surface area is 162 Å². The number of nitrogens with two attached hydrogens (primary N) is 1. The summed E-state index contributed by atoms with van der Waals surface area (Å²) in [6.45, 7) is 0. The molecule has 3 aromatic heterocycles. The SMILES string of the molecule is Nc1ncc(-c2ccc(C3(c4nnc(-c5cccnc5)[nH]4)CCC3)cc2)cn1. The van der Waals surface area contributed by atoms with Crippen LogP contribution in [0.15, 0.2) is 61.2 Å². The second-order valence-corrected chi connectivity index (χ2v) is 7.11. The van der Waals surface area contributed by atoms with Crippen LogP contribution in [0.3, 0.4) is 0 Å². The molecule has 0 saturated heterocycles. The van der Waals surface area contributed by atoms with Gasteiger partial charge in [0, 0.05) is 35.9 Å². The topological polar surface area (TPSA) is 106 Å². The van der Waals surface area contributed by atoms with E-state index >= 15 is 0 Å². The summed E-state index contributed by atoms with van der Waals surface area (Å²) in [6, 6.07) is 12.4. The van der Waals surface area contributed by atoms with Crippen molar-refractivity contribution in [1.29, 1.82) is 0 Å². The third-order valence-corrected chi connectivity index (χ3v) is 5.52. The van der Waals surface area contributed by atoms with Crippen molar-refractivity contribution in [3.8, 4) is 22.5 Å². The van der Waals surface area contributed by atoms with Gasteiger partial charge in [0.2, 0.25) is 5.95 Å². The highest BCUT2D eigenvalue weighted by Gasteiger charge is 2.43. The van der Waals surface area contributed by atoms with E-state index in [1.54, 1.807) is 24.8 Å². The van der Waals surface area contributed by atoms with Crippen LogP contribution in [0.1, 0.15) is 30.7 Å². The van der Waals surface area contributed by atoms with E-state index in [0.717, 1.165) is 41.2 Å². The van der Waals surface area contributed by atoms with Crippen molar-refractivity contribution in [2.24, 2.45) is 0 Å². The molecular formula is C21H19N7. The summed E-state index contributed by atoms with van der Waals surface area (Å²) in [6.07, 6.45) is 10.3. The zero-order valence-corrected chi connectivity index (χ0v) is 15.2. The Bertz CT molecular complexity index is 1080. The molecule has 1 aliphatic rings. The van der Waals surface area contributed by atoms with E-state index in [0.29, 0.717) is 0 Å². The largest absolute Gasteiger partial charge is 0.368 e. The molecule has 138 valence electrons. The molecule has 3 heterocycles. The number of hydrogen-bond acceptors (Lipinski definition) is 6. The molecule has 0 unspecified atom stereocenters. The van der Waals surface area contributed by atoms with Crippen LogP contribution >= 0.6 is 0 Å². The summed E-state index contributed by atoms with van der Waals surface area (Å²) in [5.74, 6) is 1.95. The Kier molecular flexibility index (Phi) is 3.86. The summed E-state index contributed by atoms with van der Waals surface area (Å²) in [5.41, 5.74) is 9.66. The maximum atomic E-state index is 5.58. The molecule has 7 nitrogen and oxygen atoms in total. The molecule has 0 atom stereocenters. The van der Waals surface area contributed by atoms with Crippen molar-refractivity contribution in [2.45, 2.75) is 24.7 Å². The minimum absolute atomic E-state index is 0.108. The van der Waals surface area contributed by atoms with Crippen molar-refractivity contribution in [2.75, 3.05) is 5.73 Å². The van der Waals surface area contributed by atoms with Crippen molar-refractivity contribution >= 4 is 5.95 Å². The van der Waals surface area contributed by atoms with E-state index in [1.807, 2.05) is 12.1 Å². The summed E-state index contributed by atoms with van der Waals surface area (Å²) >= 11 is 0. The quantitative estimate of drug-likeness (QED) is 0.571. The van der Waals surface area contributed by atoms with Gasteiger partial charge in [-0.05, 0) is 36.1 Å². The zero-order valence-electron chi connectivity index (χ0n) is 15.2. The van der Waals surface area contributed by atoms with Gasteiger partial charge in [-0.25, -0.2) is 9.97 Å². The highest BCUT2D eigenvalue weighted by atomic mass is 15.2. The summed E-state index contributed by atoms with van der Waals surface area (Å²) in [4.78, 5) is 15.7. The molecule has 5 rings (SSSR count). The molecule has 3 N–H and O–H groups in total. The maximum absolute atomic E-state index is 5.58. The fourth-order valence-corrected chi connectivity index (χ4v) is 3.77. The van der Waals surface area contributed by atoms with Crippen molar-refractivity contribution in [3.05, 3.63) is 72.6 Å².